The largest absolute Gasteiger partial charge is 0.457 e. The molecule has 7 heteroatoms. The quantitative estimate of drug-likeness (QED) is 0.341. The number of rotatable bonds is 9. The summed E-state index contributed by atoms with van der Waals surface area (Å²) in [6.07, 6.45) is 0.955. The molecule has 0 spiro atoms. The van der Waals surface area contributed by atoms with Gasteiger partial charge in [-0.3, -0.25) is 9.69 Å². The molecule has 3 aromatic rings. The fourth-order valence-corrected chi connectivity index (χ4v) is 3.42. The van der Waals surface area contributed by atoms with Gasteiger partial charge in [-0.25, -0.2) is 9.18 Å². The number of hydrogen-bond acceptors (Lipinski definition) is 3. The fourth-order valence-electron chi connectivity index (χ4n) is 3.42. The molecule has 0 radical (unpaired) electrons. The number of halogens is 1. The van der Waals surface area contributed by atoms with Crippen molar-refractivity contribution >= 4 is 23.3 Å². The van der Waals surface area contributed by atoms with E-state index in [1.54, 1.807) is 36.4 Å². The van der Waals surface area contributed by atoms with E-state index in [4.69, 9.17) is 4.74 Å². The third-order valence-corrected chi connectivity index (χ3v) is 5.06. The average Bonchev–Trinajstić information content (AvgIpc) is 2.81. The maximum Gasteiger partial charge on any atom is 0.326 e. The van der Waals surface area contributed by atoms with Crippen molar-refractivity contribution in [2.24, 2.45) is 5.41 Å². The third-order valence-electron chi connectivity index (χ3n) is 5.06. The summed E-state index contributed by atoms with van der Waals surface area (Å²) in [7, 11) is 0. The molecule has 3 rings (SSSR count). The number of ether oxygens (including phenoxy) is 1. The van der Waals surface area contributed by atoms with Gasteiger partial charge in [0, 0.05) is 25.2 Å². The van der Waals surface area contributed by atoms with Crippen LogP contribution in [-0.4, -0.2) is 25.0 Å². The van der Waals surface area contributed by atoms with Crippen LogP contribution in [0.25, 0.3) is 0 Å². The smallest absolute Gasteiger partial charge is 0.326 e. The Labute approximate surface area is 206 Å². The summed E-state index contributed by atoms with van der Waals surface area (Å²) >= 11 is 0. The molecule has 0 atom stereocenters. The number of carbonyl (C=O) groups is 2. The van der Waals surface area contributed by atoms with E-state index < -0.39 is 11.8 Å². The second-order valence-corrected chi connectivity index (χ2v) is 9.41. The summed E-state index contributed by atoms with van der Waals surface area (Å²) in [5.74, 6) is 0.799. The number of amides is 3. The van der Waals surface area contributed by atoms with Crippen molar-refractivity contribution in [2.45, 2.75) is 33.6 Å². The zero-order chi connectivity index (χ0) is 25.3. The van der Waals surface area contributed by atoms with Gasteiger partial charge in [0.25, 0.3) is 0 Å². The van der Waals surface area contributed by atoms with E-state index in [1.807, 2.05) is 51.1 Å². The zero-order valence-corrected chi connectivity index (χ0v) is 20.4. The molecule has 0 aliphatic rings. The molecule has 0 aliphatic heterocycles. The van der Waals surface area contributed by atoms with E-state index in [2.05, 4.69) is 10.6 Å². The molecule has 0 unspecified atom stereocenters. The van der Waals surface area contributed by atoms with Crippen molar-refractivity contribution in [1.82, 2.24) is 5.32 Å². The average molecular weight is 478 g/mol. The maximum atomic E-state index is 14.1. The lowest BCUT2D eigenvalue weighted by molar-refractivity contribution is -0.122. The second kappa shape index (κ2) is 12.0. The van der Waals surface area contributed by atoms with Crippen molar-refractivity contribution in [3.8, 4) is 11.5 Å². The monoisotopic (exact) mass is 477 g/mol. The first-order valence-electron chi connectivity index (χ1n) is 11.6. The van der Waals surface area contributed by atoms with Crippen molar-refractivity contribution < 1.29 is 18.7 Å². The van der Waals surface area contributed by atoms with Crippen LogP contribution in [0.4, 0.5) is 20.6 Å². The van der Waals surface area contributed by atoms with Crippen LogP contribution in [0.5, 0.6) is 11.5 Å². The number of anilines is 2. The molecule has 6 nitrogen and oxygen atoms in total. The Morgan fingerprint density at radius 2 is 1.51 bits per heavy atom. The number of hydrogen-bond donors (Lipinski definition) is 2. The Hall–Kier alpha value is -3.87. The summed E-state index contributed by atoms with van der Waals surface area (Å²) in [6, 6.07) is 22.1. The predicted octanol–water partition coefficient (Wildman–Crippen LogP) is 6.60. The van der Waals surface area contributed by atoms with E-state index in [-0.39, 0.29) is 17.0 Å². The van der Waals surface area contributed by atoms with E-state index >= 15 is 0 Å². The summed E-state index contributed by atoms with van der Waals surface area (Å²) in [6.45, 7) is 6.77. The molecular weight excluding hydrogens is 445 g/mol. The van der Waals surface area contributed by atoms with E-state index in [0.717, 1.165) is 0 Å². The molecule has 0 saturated heterocycles. The Morgan fingerprint density at radius 3 is 2.17 bits per heavy atom. The van der Waals surface area contributed by atoms with Crippen molar-refractivity contribution in [1.29, 1.82) is 0 Å². The molecule has 0 saturated carbocycles. The molecule has 0 aromatic heterocycles. The van der Waals surface area contributed by atoms with Gasteiger partial charge in [-0.2, -0.15) is 0 Å². The molecule has 0 aliphatic carbocycles. The third kappa shape index (κ3) is 8.45. The van der Waals surface area contributed by atoms with Gasteiger partial charge in [0.2, 0.25) is 5.91 Å². The molecule has 0 fully saturated rings. The van der Waals surface area contributed by atoms with Crippen LogP contribution in [0.1, 0.15) is 33.6 Å². The molecule has 35 heavy (non-hydrogen) atoms. The van der Waals surface area contributed by atoms with Crippen molar-refractivity contribution in [2.75, 3.05) is 23.3 Å². The Balaban J connectivity index is 1.68. The van der Waals surface area contributed by atoms with E-state index in [0.29, 0.717) is 43.1 Å². The van der Waals surface area contributed by atoms with E-state index in [1.165, 1.54) is 17.0 Å². The molecule has 0 heterocycles. The first kappa shape index (κ1) is 25.7. The molecule has 3 aromatic carbocycles. The van der Waals surface area contributed by atoms with Crippen molar-refractivity contribution in [3.63, 3.8) is 0 Å². The van der Waals surface area contributed by atoms with Gasteiger partial charge in [0.1, 0.15) is 17.3 Å². The van der Waals surface area contributed by atoms with Gasteiger partial charge in [-0.05, 0) is 60.4 Å². The lowest BCUT2D eigenvalue weighted by atomic mass is 9.92. The van der Waals surface area contributed by atoms with Crippen LogP contribution < -0.4 is 20.3 Å². The van der Waals surface area contributed by atoms with Crippen LogP contribution in [0.3, 0.4) is 0 Å². The second-order valence-electron chi connectivity index (χ2n) is 9.41. The van der Waals surface area contributed by atoms with Crippen LogP contribution in [0.15, 0.2) is 78.9 Å². The molecule has 0 bridgehead atoms. The highest BCUT2D eigenvalue weighted by atomic mass is 19.1. The summed E-state index contributed by atoms with van der Waals surface area (Å²) in [4.78, 5) is 26.7. The Kier molecular flexibility index (Phi) is 8.84. The fraction of sp³-hybridized carbons (Fsp3) is 0.286. The lowest BCUT2D eigenvalue weighted by Crippen LogP contribution is -2.38. The molecule has 184 valence electrons. The Bertz CT molecular complexity index is 1110. The van der Waals surface area contributed by atoms with Crippen LogP contribution in [0, 0.1) is 11.2 Å². The lowest BCUT2D eigenvalue weighted by Gasteiger charge is -2.24. The summed E-state index contributed by atoms with van der Waals surface area (Å²) in [5.41, 5.74) is 0.629. The van der Waals surface area contributed by atoms with Crippen LogP contribution >= 0.6 is 0 Å². The van der Waals surface area contributed by atoms with Crippen LogP contribution in [0.2, 0.25) is 0 Å². The van der Waals surface area contributed by atoms with Gasteiger partial charge in [-0.15, -0.1) is 0 Å². The first-order valence-corrected chi connectivity index (χ1v) is 11.6. The normalized spacial score (nSPS) is 11.0. The topological polar surface area (TPSA) is 70.7 Å². The van der Waals surface area contributed by atoms with Gasteiger partial charge < -0.3 is 15.4 Å². The van der Waals surface area contributed by atoms with Crippen molar-refractivity contribution in [3.05, 3.63) is 84.7 Å². The predicted molar refractivity (Wildman–Crippen MR) is 137 cm³/mol. The summed E-state index contributed by atoms with van der Waals surface area (Å²) < 4.78 is 19.9. The minimum absolute atomic E-state index is 0.0257. The number of nitrogens with zero attached hydrogens (tertiary/aromatic N) is 1. The number of para-hydroxylation sites is 2. The van der Waals surface area contributed by atoms with Gasteiger partial charge >= 0.3 is 6.03 Å². The molecule has 2 N–H and O–H groups in total. The minimum atomic E-state index is -0.512. The van der Waals surface area contributed by atoms with Gasteiger partial charge in [0.05, 0.1) is 5.69 Å². The zero-order valence-electron chi connectivity index (χ0n) is 20.4. The number of urea groups is 1. The van der Waals surface area contributed by atoms with Gasteiger partial charge in [0.15, 0.2) is 0 Å². The highest BCUT2D eigenvalue weighted by Crippen LogP contribution is 2.25. The highest BCUT2D eigenvalue weighted by molar-refractivity contribution is 6.01. The maximum absolute atomic E-state index is 14.1. The summed E-state index contributed by atoms with van der Waals surface area (Å²) in [5, 5.41) is 5.54. The number of benzene rings is 3. The Morgan fingerprint density at radius 1 is 0.886 bits per heavy atom. The first-order chi connectivity index (χ1) is 16.7. The molecule has 3 amide bonds. The van der Waals surface area contributed by atoms with Crippen LogP contribution in [-0.2, 0) is 4.79 Å². The standard InChI is InChI=1S/C28H32FN3O3/c1-28(2,3)20-26(33)30-18-9-19-32(27(34)31-25-13-8-7-12-24(25)29)21-14-16-23(17-15-21)35-22-10-5-4-6-11-22/h4-8,10-17H,9,18-20H2,1-3H3,(H,30,33)(H,31,34). The molecular formula is C28H32FN3O3. The SMILES string of the molecule is CC(C)(C)CC(=O)NCCCN(C(=O)Nc1ccccc1F)c1ccc(Oc2ccccc2)cc1. The number of carbonyl (C=O) groups excluding carboxylic acids is 2. The highest BCUT2D eigenvalue weighted by Gasteiger charge is 2.19. The minimum Gasteiger partial charge on any atom is -0.457 e. The van der Waals surface area contributed by atoms with Gasteiger partial charge in [-0.1, -0.05) is 51.1 Å². The van der Waals surface area contributed by atoms with E-state index in [9.17, 15) is 14.0 Å². The number of nitrogens with one attached hydrogen (secondary N) is 2.